The third-order valence-electron chi connectivity index (χ3n) is 0.241. The van der Waals surface area contributed by atoms with Crippen LogP contribution in [0.4, 0.5) is 0 Å². The van der Waals surface area contributed by atoms with Crippen molar-refractivity contribution in [3.63, 3.8) is 0 Å². The van der Waals surface area contributed by atoms with Crippen LogP contribution in [0.25, 0.3) is 0 Å². The van der Waals surface area contributed by atoms with Gasteiger partial charge in [0, 0.05) is 0 Å². The van der Waals surface area contributed by atoms with Gasteiger partial charge in [0.15, 0.2) is 0 Å². The van der Waals surface area contributed by atoms with E-state index in [0.717, 1.165) is 0 Å². The summed E-state index contributed by atoms with van der Waals surface area (Å²) in [4.78, 5) is 0. The van der Waals surface area contributed by atoms with Gasteiger partial charge in [-0.15, -0.1) is 0 Å². The molecule has 26 valence electrons. The Bertz CT molecular complexity index is 26.5. The third-order valence-corrected chi connectivity index (χ3v) is 5.26. The molecule has 0 fully saturated rings. The van der Waals surface area contributed by atoms with Crippen LogP contribution in [-0.2, 0) is 0 Å². The van der Waals surface area contributed by atoms with Crippen LogP contribution in [0.1, 0.15) is 0 Å². The molecule has 6 heavy (non-hydrogen) atoms. The topological polar surface area (TPSA) is 0 Å². The molecule has 0 atom stereocenters. The van der Waals surface area contributed by atoms with E-state index in [0.29, 0.717) is 0 Å². The number of hydrogen-bond donors (Lipinski definition) is 0. The second kappa shape index (κ2) is 3.69. The summed E-state index contributed by atoms with van der Waals surface area (Å²) in [5.41, 5.74) is 5.33. The molecule has 0 amide bonds. The van der Waals surface area contributed by atoms with Gasteiger partial charge in [-0.3, -0.25) is 0 Å². The van der Waals surface area contributed by atoms with Crippen LogP contribution in [-0.4, -0.2) is 25.5 Å². The Morgan fingerprint density at radius 1 is 1.50 bits per heavy atom. The van der Waals surface area contributed by atoms with Crippen LogP contribution in [0.5, 0.6) is 0 Å². The summed E-state index contributed by atoms with van der Waals surface area (Å²) in [6.07, 6.45) is 0. The van der Waals surface area contributed by atoms with Crippen molar-refractivity contribution < 1.29 is 0 Å². The monoisotopic (exact) mass is 298 g/mol. The van der Waals surface area contributed by atoms with E-state index in [2.05, 4.69) is 18.6 Å². The average Bonchev–Trinajstić information content (AvgIpc) is 1.36. The fourth-order valence-electron chi connectivity index (χ4n) is 0. The zero-order valence-corrected chi connectivity index (χ0v) is 7.38. The minimum atomic E-state index is -1.36. The van der Waals surface area contributed by atoms with E-state index in [9.17, 15) is 0 Å². The molecule has 0 heterocycles. The van der Waals surface area contributed by atoms with Gasteiger partial charge in [-0.05, 0) is 0 Å². The zero-order chi connectivity index (χ0) is 5.15. The predicted octanol–water partition coefficient (Wildman–Crippen LogP) is 0.248. The van der Waals surface area contributed by atoms with Crippen LogP contribution >= 0.6 is 34.0 Å². The Labute approximate surface area is 58.9 Å². The van der Waals surface area contributed by atoms with E-state index in [1.54, 1.807) is 0 Å². The first kappa shape index (κ1) is 7.72. The molecule has 6 radical (unpaired) electrons. The van der Waals surface area contributed by atoms with Crippen molar-refractivity contribution in [3.8, 4) is 0 Å². The summed E-state index contributed by atoms with van der Waals surface area (Å²) in [6, 6.07) is 0. The fourth-order valence-corrected chi connectivity index (χ4v) is 0. The second-order valence-corrected chi connectivity index (χ2v) is 10.2. The van der Waals surface area contributed by atoms with E-state index < -0.39 is 15.4 Å². The van der Waals surface area contributed by atoms with Crippen molar-refractivity contribution in [2.75, 3.05) is 0 Å². The van der Waals surface area contributed by atoms with Gasteiger partial charge in [-0.1, -0.05) is 0 Å². The summed E-state index contributed by atoms with van der Waals surface area (Å²) in [5, 5.41) is 0. The van der Waals surface area contributed by atoms with Gasteiger partial charge in [0.25, 0.3) is 0 Å². The SMILES string of the molecule is [B]B([B])I([B])I. The Kier molecular flexibility index (Phi) is 4.75. The number of hydrogen-bond acceptors (Lipinski definition) is 0. The predicted molar refractivity (Wildman–Crippen MR) is 51.1 cm³/mol. The maximum absolute atomic E-state index is 5.33. The second-order valence-electron chi connectivity index (χ2n) is 0.735. The molecule has 0 aromatic heterocycles. The van der Waals surface area contributed by atoms with Gasteiger partial charge in [0.2, 0.25) is 0 Å². The van der Waals surface area contributed by atoms with E-state index in [1.807, 2.05) is 0 Å². The molecule has 6 heteroatoms. The molecular formula is B4I2. The third kappa shape index (κ3) is 3.89. The van der Waals surface area contributed by atoms with Crippen LogP contribution in [0, 0.1) is 0 Å². The molecule has 0 spiro atoms. The normalized spacial score (nSPS) is 10.5. The van der Waals surface area contributed by atoms with Gasteiger partial charge in [0.1, 0.15) is 0 Å². The summed E-state index contributed by atoms with van der Waals surface area (Å²) in [5.74, 6) is 0. The molecule has 0 aliphatic carbocycles. The maximum atomic E-state index is 5.33. The van der Waals surface area contributed by atoms with E-state index in [4.69, 9.17) is 21.2 Å². The summed E-state index contributed by atoms with van der Waals surface area (Å²) in [6.45, 7) is 0. The van der Waals surface area contributed by atoms with Crippen molar-refractivity contribution >= 4 is 59.6 Å². The van der Waals surface area contributed by atoms with Crippen molar-refractivity contribution in [2.45, 2.75) is 0 Å². The molecule has 0 saturated carbocycles. The Balaban J connectivity index is 2.99. The summed E-state index contributed by atoms with van der Waals surface area (Å²) in [7, 11) is 10.3. The minimum absolute atomic E-state index is 0.227. The number of halogens is 2. The molecule has 0 unspecified atom stereocenters. The first-order chi connectivity index (χ1) is 2.64. The Morgan fingerprint density at radius 3 is 1.67 bits per heavy atom. The molecule has 0 aliphatic rings. The standard InChI is InChI=1S/B4I2/c1-4(2)6(3)5. The first-order valence-corrected chi connectivity index (χ1v) is 10.0. The molecule has 0 N–H and O–H groups in total. The summed E-state index contributed by atoms with van der Waals surface area (Å²) >= 11 is 0.758. The molecule has 0 bridgehead atoms. The summed E-state index contributed by atoms with van der Waals surface area (Å²) < 4.78 is -0.227. The molecule has 0 aliphatic heterocycles. The van der Waals surface area contributed by atoms with Crippen molar-refractivity contribution in [3.05, 3.63) is 0 Å². The first-order valence-electron chi connectivity index (χ1n) is 1.25. The van der Waals surface area contributed by atoms with Gasteiger partial charge < -0.3 is 0 Å². The molecule has 0 aromatic carbocycles. The van der Waals surface area contributed by atoms with Crippen LogP contribution in [0.15, 0.2) is 0 Å². The molecule has 0 rings (SSSR count). The van der Waals surface area contributed by atoms with Crippen LogP contribution in [0.3, 0.4) is 0 Å². The van der Waals surface area contributed by atoms with Crippen LogP contribution < -0.4 is 0 Å². The molecule has 0 nitrogen and oxygen atoms in total. The van der Waals surface area contributed by atoms with Gasteiger partial charge in [0.05, 0.1) is 0 Å². The van der Waals surface area contributed by atoms with E-state index in [1.165, 1.54) is 0 Å². The fraction of sp³-hybridized carbons (Fsp3) is 0. The molecule has 0 aromatic rings. The van der Waals surface area contributed by atoms with Gasteiger partial charge >= 0.3 is 59.6 Å². The molecule has 0 saturated heterocycles. The van der Waals surface area contributed by atoms with Crippen molar-refractivity contribution in [1.82, 2.24) is 0 Å². The zero-order valence-electron chi connectivity index (χ0n) is 3.07. The van der Waals surface area contributed by atoms with Crippen molar-refractivity contribution in [1.29, 1.82) is 0 Å². The van der Waals surface area contributed by atoms with E-state index in [-0.39, 0.29) is 4.35 Å². The van der Waals surface area contributed by atoms with Crippen LogP contribution in [0.2, 0.25) is 0 Å². The van der Waals surface area contributed by atoms with Crippen molar-refractivity contribution in [2.24, 2.45) is 0 Å². The van der Waals surface area contributed by atoms with Gasteiger partial charge in [-0.2, -0.15) is 0 Å². The Hall–Kier alpha value is 1.72. The van der Waals surface area contributed by atoms with E-state index >= 15 is 0 Å². The average molecular weight is 297 g/mol. The quantitative estimate of drug-likeness (QED) is 0.481. The molecular weight excluding hydrogens is 297 g/mol. The van der Waals surface area contributed by atoms with Gasteiger partial charge in [-0.25, -0.2) is 0 Å². The Morgan fingerprint density at radius 2 is 1.67 bits per heavy atom. The number of rotatable bonds is 1.